The Balaban J connectivity index is 1.69. The molecule has 0 unspecified atom stereocenters. The Morgan fingerprint density at radius 3 is 2.27 bits per heavy atom. The molecule has 2 aromatic heterocycles. The summed E-state index contributed by atoms with van der Waals surface area (Å²) < 4.78 is 7.20. The zero-order valence-corrected chi connectivity index (χ0v) is 16.5. The number of ether oxygens (including phenoxy) is 1. The van der Waals surface area contributed by atoms with Crippen LogP contribution in [0, 0.1) is 0 Å². The van der Waals surface area contributed by atoms with Gasteiger partial charge in [0.15, 0.2) is 5.65 Å². The first-order chi connectivity index (χ1) is 14.8. The minimum atomic E-state index is 0.791. The summed E-state index contributed by atoms with van der Waals surface area (Å²) in [5.41, 5.74) is 5.71. The van der Waals surface area contributed by atoms with Crippen LogP contribution in [0.2, 0.25) is 0 Å². The van der Waals surface area contributed by atoms with Gasteiger partial charge in [0.05, 0.1) is 19.0 Å². The second kappa shape index (κ2) is 7.72. The summed E-state index contributed by atoms with van der Waals surface area (Å²) in [6.45, 7) is 0. The predicted octanol–water partition coefficient (Wildman–Crippen LogP) is 5.82. The number of hydrogen-bond acceptors (Lipinski definition) is 4. The van der Waals surface area contributed by atoms with Gasteiger partial charge in [-0.3, -0.25) is 0 Å². The lowest BCUT2D eigenvalue weighted by Gasteiger charge is -2.12. The first kappa shape index (κ1) is 17.9. The van der Waals surface area contributed by atoms with Crippen molar-refractivity contribution in [1.82, 2.24) is 14.6 Å². The van der Waals surface area contributed by atoms with Crippen LogP contribution < -0.4 is 10.1 Å². The van der Waals surface area contributed by atoms with Gasteiger partial charge in [-0.25, -0.2) is 4.98 Å². The van der Waals surface area contributed by atoms with Crippen molar-refractivity contribution in [2.24, 2.45) is 0 Å². The topological polar surface area (TPSA) is 51.5 Å². The molecule has 0 amide bonds. The van der Waals surface area contributed by atoms with E-state index in [2.05, 4.69) is 34.7 Å². The fraction of sp³-hybridized carbons (Fsp3) is 0.0400. The molecule has 5 heteroatoms. The number of benzene rings is 3. The molecule has 0 spiro atoms. The minimum Gasteiger partial charge on any atom is -0.497 e. The van der Waals surface area contributed by atoms with Gasteiger partial charge in [-0.1, -0.05) is 66.7 Å². The fourth-order valence-electron chi connectivity index (χ4n) is 3.48. The van der Waals surface area contributed by atoms with E-state index in [9.17, 15) is 0 Å². The maximum Gasteiger partial charge on any atom is 0.165 e. The molecule has 0 aliphatic heterocycles. The largest absolute Gasteiger partial charge is 0.497 e. The van der Waals surface area contributed by atoms with Crippen molar-refractivity contribution in [2.45, 2.75) is 0 Å². The predicted molar refractivity (Wildman–Crippen MR) is 120 cm³/mol. The number of nitrogens with one attached hydrogen (secondary N) is 1. The summed E-state index contributed by atoms with van der Waals surface area (Å²) in [5.74, 6) is 1.62. The van der Waals surface area contributed by atoms with Crippen molar-refractivity contribution in [1.29, 1.82) is 0 Å². The fourth-order valence-corrected chi connectivity index (χ4v) is 3.48. The Labute approximate surface area is 174 Å². The van der Waals surface area contributed by atoms with Crippen LogP contribution in [-0.4, -0.2) is 21.7 Å². The van der Waals surface area contributed by atoms with Crippen molar-refractivity contribution in [3.63, 3.8) is 0 Å². The van der Waals surface area contributed by atoms with Gasteiger partial charge in [-0.15, -0.1) is 0 Å². The van der Waals surface area contributed by atoms with Gasteiger partial charge < -0.3 is 10.1 Å². The first-order valence-corrected chi connectivity index (χ1v) is 9.72. The molecule has 1 N–H and O–H groups in total. The maximum atomic E-state index is 5.36. The molecule has 0 bridgehead atoms. The van der Waals surface area contributed by atoms with E-state index in [0.717, 1.165) is 45.3 Å². The summed E-state index contributed by atoms with van der Waals surface area (Å²) in [6.07, 6.45) is 1.86. The van der Waals surface area contributed by atoms with Crippen molar-refractivity contribution in [2.75, 3.05) is 12.4 Å². The van der Waals surface area contributed by atoms with Gasteiger partial charge in [-0.05, 0) is 17.7 Å². The monoisotopic (exact) mass is 392 g/mol. The Hall–Kier alpha value is -4.12. The lowest BCUT2D eigenvalue weighted by atomic mass is 10.1. The Kier molecular flexibility index (Phi) is 4.62. The van der Waals surface area contributed by atoms with Crippen molar-refractivity contribution in [3.05, 3.63) is 97.2 Å². The smallest absolute Gasteiger partial charge is 0.165 e. The van der Waals surface area contributed by atoms with Crippen LogP contribution in [0.3, 0.4) is 0 Å². The standard InChI is InChI=1S/C25H20N4O/c1-30-21-14-8-13-20(15-21)27-24-16-23(19-11-6-3-7-12-19)28-25-22(17-26-29(24)25)18-9-4-2-5-10-18/h2-17,27H,1H3. The third kappa shape index (κ3) is 3.37. The lowest BCUT2D eigenvalue weighted by molar-refractivity contribution is 0.415. The summed E-state index contributed by atoms with van der Waals surface area (Å²) in [7, 11) is 1.66. The number of methoxy groups -OCH3 is 1. The SMILES string of the molecule is COc1cccc(Nc2cc(-c3ccccc3)nc3c(-c4ccccc4)cnn23)c1. The van der Waals surface area contributed by atoms with E-state index >= 15 is 0 Å². The van der Waals surface area contributed by atoms with Crippen LogP contribution in [0.5, 0.6) is 5.75 Å². The highest BCUT2D eigenvalue weighted by Gasteiger charge is 2.14. The van der Waals surface area contributed by atoms with Crippen molar-refractivity contribution < 1.29 is 4.74 Å². The Bertz CT molecular complexity index is 1300. The summed E-state index contributed by atoms with van der Waals surface area (Å²) >= 11 is 0. The molecule has 0 fully saturated rings. The number of rotatable bonds is 5. The zero-order valence-electron chi connectivity index (χ0n) is 16.5. The van der Waals surface area contributed by atoms with Crippen molar-refractivity contribution in [3.8, 4) is 28.1 Å². The van der Waals surface area contributed by atoms with E-state index in [1.54, 1.807) is 7.11 Å². The normalized spacial score (nSPS) is 10.8. The van der Waals surface area contributed by atoms with Crippen LogP contribution in [0.1, 0.15) is 0 Å². The van der Waals surface area contributed by atoms with E-state index in [-0.39, 0.29) is 0 Å². The number of aromatic nitrogens is 3. The second-order valence-corrected chi connectivity index (χ2v) is 6.91. The van der Waals surface area contributed by atoms with Gasteiger partial charge in [0.1, 0.15) is 11.6 Å². The van der Waals surface area contributed by atoms with Gasteiger partial charge >= 0.3 is 0 Å². The van der Waals surface area contributed by atoms with Gasteiger partial charge in [0.2, 0.25) is 0 Å². The second-order valence-electron chi connectivity index (χ2n) is 6.91. The molecule has 0 saturated heterocycles. The zero-order chi connectivity index (χ0) is 20.3. The molecule has 5 rings (SSSR count). The molecule has 0 atom stereocenters. The number of fused-ring (bicyclic) bond motifs is 1. The molecular weight excluding hydrogens is 372 g/mol. The number of nitrogens with zero attached hydrogens (tertiary/aromatic N) is 3. The minimum absolute atomic E-state index is 0.791. The lowest BCUT2D eigenvalue weighted by Crippen LogP contribution is -2.03. The summed E-state index contributed by atoms with van der Waals surface area (Å²) in [5, 5.41) is 8.11. The molecule has 146 valence electrons. The van der Waals surface area contributed by atoms with Crippen LogP contribution in [0.15, 0.2) is 97.2 Å². The third-order valence-electron chi connectivity index (χ3n) is 4.97. The van der Waals surface area contributed by atoms with Crippen LogP contribution in [0.25, 0.3) is 28.0 Å². The summed E-state index contributed by atoms with van der Waals surface area (Å²) in [4.78, 5) is 4.95. The molecule has 5 aromatic rings. The first-order valence-electron chi connectivity index (χ1n) is 9.72. The molecule has 3 aromatic carbocycles. The average Bonchev–Trinajstić information content (AvgIpc) is 3.25. The highest BCUT2D eigenvalue weighted by molar-refractivity contribution is 5.81. The van der Waals surface area contributed by atoms with Gasteiger partial charge in [-0.2, -0.15) is 9.61 Å². The Morgan fingerprint density at radius 1 is 0.800 bits per heavy atom. The van der Waals surface area contributed by atoms with E-state index in [4.69, 9.17) is 9.72 Å². The molecular formula is C25H20N4O. The number of hydrogen-bond donors (Lipinski definition) is 1. The van der Waals surface area contributed by atoms with Gasteiger partial charge in [0, 0.05) is 28.9 Å². The molecule has 0 saturated carbocycles. The molecule has 2 heterocycles. The highest BCUT2D eigenvalue weighted by Crippen LogP contribution is 2.30. The summed E-state index contributed by atoms with van der Waals surface area (Å²) in [6, 6.07) is 30.2. The molecule has 0 aliphatic rings. The van der Waals surface area contributed by atoms with E-state index in [1.165, 1.54) is 0 Å². The van der Waals surface area contributed by atoms with E-state index in [0.29, 0.717) is 0 Å². The maximum absolute atomic E-state index is 5.36. The highest BCUT2D eigenvalue weighted by atomic mass is 16.5. The molecule has 0 aliphatic carbocycles. The molecule has 0 radical (unpaired) electrons. The Morgan fingerprint density at radius 2 is 1.53 bits per heavy atom. The molecule has 30 heavy (non-hydrogen) atoms. The molecule has 5 nitrogen and oxygen atoms in total. The van der Waals surface area contributed by atoms with Crippen LogP contribution in [-0.2, 0) is 0 Å². The quantitative estimate of drug-likeness (QED) is 0.410. The van der Waals surface area contributed by atoms with E-state index < -0.39 is 0 Å². The van der Waals surface area contributed by atoms with Crippen LogP contribution >= 0.6 is 0 Å². The van der Waals surface area contributed by atoms with Gasteiger partial charge in [0.25, 0.3) is 0 Å². The average molecular weight is 392 g/mol. The van der Waals surface area contributed by atoms with Crippen LogP contribution in [0.4, 0.5) is 11.5 Å². The van der Waals surface area contributed by atoms with E-state index in [1.807, 2.05) is 77.4 Å². The van der Waals surface area contributed by atoms with Crippen molar-refractivity contribution >= 4 is 17.2 Å². The third-order valence-corrected chi connectivity index (χ3v) is 4.97. The number of anilines is 2.